The first-order chi connectivity index (χ1) is 14.1. The van der Waals surface area contributed by atoms with E-state index in [0.717, 1.165) is 38.4 Å². The van der Waals surface area contributed by atoms with Crippen molar-refractivity contribution in [1.29, 1.82) is 0 Å². The molecule has 1 fully saturated rings. The summed E-state index contributed by atoms with van der Waals surface area (Å²) in [7, 11) is 0. The molecule has 9 heteroatoms. The molecule has 0 bridgehead atoms. The van der Waals surface area contributed by atoms with Gasteiger partial charge in [-0.15, -0.1) is 16.8 Å². The number of nitrogens with one attached hydrogen (secondary N) is 2. The molecule has 1 aromatic heterocycles. The third-order valence-electron chi connectivity index (χ3n) is 4.78. The van der Waals surface area contributed by atoms with Crippen LogP contribution in [0.5, 0.6) is 0 Å². The van der Waals surface area contributed by atoms with Gasteiger partial charge in [0.1, 0.15) is 18.9 Å². The van der Waals surface area contributed by atoms with Gasteiger partial charge in [-0.1, -0.05) is 17.8 Å². The number of morpholine rings is 1. The second-order valence-corrected chi connectivity index (χ2v) is 8.18. The van der Waals surface area contributed by atoms with E-state index in [-0.39, 0.29) is 17.0 Å². The summed E-state index contributed by atoms with van der Waals surface area (Å²) in [5.41, 5.74) is 0.798. The molecule has 1 amide bonds. The van der Waals surface area contributed by atoms with Crippen molar-refractivity contribution in [3.63, 3.8) is 0 Å². The van der Waals surface area contributed by atoms with E-state index in [9.17, 15) is 9.18 Å². The summed E-state index contributed by atoms with van der Waals surface area (Å²) >= 11 is 1.37. The molecule has 1 atom stereocenters. The lowest BCUT2D eigenvalue weighted by molar-refractivity contribution is -0.908. The number of quaternary nitrogens is 1. The topological polar surface area (TPSA) is 73.5 Å². The lowest BCUT2D eigenvalue weighted by Crippen LogP contribution is -3.14. The summed E-state index contributed by atoms with van der Waals surface area (Å²) in [6.45, 7) is 11.0. The molecule has 0 radical (unpaired) electrons. The van der Waals surface area contributed by atoms with Crippen molar-refractivity contribution in [2.45, 2.75) is 23.9 Å². The minimum atomic E-state index is -0.324. The van der Waals surface area contributed by atoms with E-state index in [4.69, 9.17) is 4.74 Å². The maximum absolute atomic E-state index is 13.3. The highest BCUT2D eigenvalue weighted by atomic mass is 32.2. The Balaban J connectivity index is 1.79. The number of nitrogens with zero attached hydrogens (tertiary/aromatic N) is 3. The predicted octanol–water partition coefficient (Wildman–Crippen LogP) is 0.782. The number of thioether (sulfide) groups is 1. The highest BCUT2D eigenvalue weighted by molar-refractivity contribution is 8.00. The molecule has 1 aromatic carbocycles. The zero-order chi connectivity index (χ0) is 20.6. The maximum atomic E-state index is 13.3. The zero-order valence-electron chi connectivity index (χ0n) is 16.6. The Morgan fingerprint density at radius 2 is 2.10 bits per heavy atom. The molecule has 2 heterocycles. The van der Waals surface area contributed by atoms with Gasteiger partial charge >= 0.3 is 0 Å². The van der Waals surface area contributed by atoms with Crippen molar-refractivity contribution in [3.8, 4) is 11.4 Å². The third kappa shape index (κ3) is 5.88. The van der Waals surface area contributed by atoms with E-state index >= 15 is 0 Å². The summed E-state index contributed by atoms with van der Waals surface area (Å²) in [6.07, 6.45) is 1.65. The fraction of sp³-hybridized carbons (Fsp3) is 0.450. The number of carbonyl (C=O) groups excluding carboxylic acids is 1. The number of ether oxygens (including phenoxy) is 1. The van der Waals surface area contributed by atoms with E-state index in [1.807, 2.05) is 11.5 Å². The number of halogens is 1. The van der Waals surface area contributed by atoms with Crippen LogP contribution < -0.4 is 10.2 Å². The normalized spacial score (nSPS) is 15.8. The fourth-order valence-corrected chi connectivity index (χ4v) is 4.00. The Bertz CT molecular complexity index is 821. The van der Waals surface area contributed by atoms with Gasteiger partial charge in [-0.25, -0.2) is 4.39 Å². The van der Waals surface area contributed by atoms with Gasteiger partial charge in [-0.05, 0) is 31.2 Å². The number of carbonyl (C=O) groups is 1. The summed E-state index contributed by atoms with van der Waals surface area (Å²) in [5, 5.41) is 11.8. The molecule has 3 rings (SSSR count). The smallest absolute Gasteiger partial charge is 0.233 e. The Morgan fingerprint density at radius 1 is 1.38 bits per heavy atom. The van der Waals surface area contributed by atoms with Gasteiger partial charge in [0.25, 0.3) is 0 Å². The average Bonchev–Trinajstić information content (AvgIpc) is 3.14. The number of amides is 1. The monoisotopic (exact) mass is 420 g/mol. The van der Waals surface area contributed by atoms with Crippen molar-refractivity contribution < 1.29 is 18.8 Å². The van der Waals surface area contributed by atoms with E-state index in [0.29, 0.717) is 24.1 Å². The molecule has 1 aliphatic heterocycles. The molecule has 0 unspecified atom stereocenters. The van der Waals surface area contributed by atoms with Crippen molar-refractivity contribution >= 4 is 17.7 Å². The molecule has 29 heavy (non-hydrogen) atoms. The Hall–Kier alpha value is -2.23. The van der Waals surface area contributed by atoms with Crippen LogP contribution in [0, 0.1) is 5.82 Å². The quantitative estimate of drug-likeness (QED) is 0.463. The van der Waals surface area contributed by atoms with Crippen LogP contribution in [-0.4, -0.2) is 65.3 Å². The van der Waals surface area contributed by atoms with Crippen LogP contribution in [0.3, 0.4) is 0 Å². The van der Waals surface area contributed by atoms with Gasteiger partial charge < -0.3 is 15.0 Å². The first-order valence-electron chi connectivity index (χ1n) is 9.74. The standard InChI is InChI=1S/C20H26FN5O2S/c1-3-8-22-19(27)15(2)29-20-24-23-18(16-4-6-17(21)7-5-16)26(20)10-9-25-11-13-28-14-12-25/h3-7,15H,1,8-14H2,2H3,(H,22,27)/p+1/t15-/m1/s1. The van der Waals surface area contributed by atoms with Crippen LogP contribution in [0.1, 0.15) is 6.92 Å². The number of rotatable bonds is 9. The molecule has 2 N–H and O–H groups in total. The second-order valence-electron chi connectivity index (χ2n) is 6.87. The van der Waals surface area contributed by atoms with Gasteiger partial charge in [-0.2, -0.15) is 0 Å². The Kier molecular flexibility index (Phi) is 7.79. The summed E-state index contributed by atoms with van der Waals surface area (Å²) in [4.78, 5) is 13.7. The van der Waals surface area contributed by atoms with Crippen molar-refractivity contribution in [2.75, 3.05) is 39.4 Å². The molecule has 156 valence electrons. The van der Waals surface area contributed by atoms with Gasteiger partial charge in [0.05, 0.1) is 31.6 Å². The molecule has 0 saturated carbocycles. The van der Waals surface area contributed by atoms with E-state index in [1.54, 1.807) is 18.2 Å². The molecular formula is C20H27FN5O2S+. The van der Waals surface area contributed by atoms with Gasteiger partial charge in [0.2, 0.25) is 5.91 Å². The first kappa shape index (κ1) is 21.5. The SMILES string of the molecule is C=CCNC(=O)[C@@H](C)Sc1nnc(-c2ccc(F)cc2)n1CC[NH+]1CCOCC1. The lowest BCUT2D eigenvalue weighted by atomic mass is 10.2. The van der Waals surface area contributed by atoms with Crippen LogP contribution in [0.4, 0.5) is 4.39 Å². The van der Waals surface area contributed by atoms with Gasteiger partial charge in [0, 0.05) is 12.1 Å². The number of hydrogen-bond acceptors (Lipinski definition) is 5. The maximum Gasteiger partial charge on any atom is 0.233 e. The lowest BCUT2D eigenvalue weighted by Gasteiger charge is -2.24. The fourth-order valence-electron chi connectivity index (χ4n) is 3.10. The molecule has 1 aliphatic rings. The molecule has 0 spiro atoms. The first-order valence-corrected chi connectivity index (χ1v) is 10.6. The molecular weight excluding hydrogens is 393 g/mol. The van der Waals surface area contributed by atoms with Crippen LogP contribution in [0.15, 0.2) is 42.1 Å². The number of aromatic nitrogens is 3. The number of hydrogen-bond donors (Lipinski definition) is 2. The van der Waals surface area contributed by atoms with Crippen LogP contribution in [0.2, 0.25) is 0 Å². The van der Waals surface area contributed by atoms with Gasteiger partial charge in [-0.3, -0.25) is 9.36 Å². The average molecular weight is 421 g/mol. The van der Waals surface area contributed by atoms with Crippen molar-refractivity contribution in [2.24, 2.45) is 0 Å². The third-order valence-corrected chi connectivity index (χ3v) is 5.86. The Morgan fingerprint density at radius 3 is 2.79 bits per heavy atom. The molecule has 1 saturated heterocycles. The summed E-state index contributed by atoms with van der Waals surface area (Å²) in [6, 6.07) is 6.23. The molecule has 0 aliphatic carbocycles. The van der Waals surface area contributed by atoms with E-state index in [2.05, 4.69) is 22.1 Å². The Labute approximate surface area is 174 Å². The summed E-state index contributed by atoms with van der Waals surface area (Å²) < 4.78 is 20.8. The van der Waals surface area contributed by atoms with Crippen molar-refractivity contribution in [1.82, 2.24) is 20.1 Å². The van der Waals surface area contributed by atoms with E-state index < -0.39 is 0 Å². The van der Waals surface area contributed by atoms with E-state index in [1.165, 1.54) is 28.8 Å². The minimum Gasteiger partial charge on any atom is -0.370 e. The largest absolute Gasteiger partial charge is 0.370 e. The highest BCUT2D eigenvalue weighted by Gasteiger charge is 2.22. The highest BCUT2D eigenvalue weighted by Crippen LogP contribution is 2.26. The summed E-state index contributed by atoms with van der Waals surface area (Å²) in [5.74, 6) is 0.310. The van der Waals surface area contributed by atoms with Crippen LogP contribution >= 0.6 is 11.8 Å². The number of benzene rings is 1. The molecule has 2 aromatic rings. The van der Waals surface area contributed by atoms with Crippen molar-refractivity contribution in [3.05, 3.63) is 42.7 Å². The predicted molar refractivity (Wildman–Crippen MR) is 110 cm³/mol. The second kappa shape index (κ2) is 10.5. The zero-order valence-corrected chi connectivity index (χ0v) is 17.4. The minimum absolute atomic E-state index is 0.0772. The van der Waals surface area contributed by atoms with Crippen LogP contribution in [-0.2, 0) is 16.1 Å². The van der Waals surface area contributed by atoms with Gasteiger partial charge in [0.15, 0.2) is 11.0 Å². The van der Waals surface area contributed by atoms with Crippen LogP contribution in [0.25, 0.3) is 11.4 Å². The molecule has 7 nitrogen and oxygen atoms in total.